The van der Waals surface area contributed by atoms with Crippen molar-refractivity contribution in [2.45, 2.75) is 27.3 Å². The van der Waals surface area contributed by atoms with Crippen LogP contribution >= 0.6 is 0 Å². The van der Waals surface area contributed by atoms with Gasteiger partial charge in [-0.05, 0) is 67.3 Å². The fourth-order valence-electron chi connectivity index (χ4n) is 3.02. The van der Waals surface area contributed by atoms with Gasteiger partial charge in [-0.2, -0.15) is 0 Å². The maximum Gasteiger partial charge on any atom is 0.262 e. The van der Waals surface area contributed by atoms with Crippen molar-refractivity contribution in [3.8, 4) is 5.75 Å². The molecule has 3 rings (SSSR count). The van der Waals surface area contributed by atoms with Gasteiger partial charge in [0.05, 0.1) is 5.56 Å². The maximum atomic E-state index is 12.3. The Hall–Kier alpha value is -3.67. The minimum absolute atomic E-state index is 0.0763. The third-order valence-corrected chi connectivity index (χ3v) is 4.81. The smallest absolute Gasteiger partial charge is 0.262 e. The van der Waals surface area contributed by atoms with Crippen LogP contribution in [0.15, 0.2) is 60.9 Å². The van der Waals surface area contributed by atoms with Crippen molar-refractivity contribution in [1.82, 2.24) is 10.3 Å². The number of benzene rings is 2. The van der Waals surface area contributed by atoms with E-state index in [1.165, 1.54) is 6.20 Å². The topological polar surface area (TPSA) is 80.3 Å². The van der Waals surface area contributed by atoms with E-state index in [0.717, 1.165) is 28.0 Å². The summed E-state index contributed by atoms with van der Waals surface area (Å²) in [6.45, 7) is 6.23. The van der Waals surface area contributed by atoms with Crippen molar-refractivity contribution in [2.24, 2.45) is 0 Å². The number of rotatable bonds is 7. The molecule has 1 heterocycles. The Balaban J connectivity index is 1.55. The second-order valence-electron chi connectivity index (χ2n) is 7.12. The lowest BCUT2D eigenvalue weighted by Crippen LogP contribution is -2.23. The summed E-state index contributed by atoms with van der Waals surface area (Å²) in [5.41, 5.74) is 5.18. The van der Waals surface area contributed by atoms with Crippen LogP contribution in [0.5, 0.6) is 5.75 Å². The number of anilines is 1. The number of ether oxygens (including phenoxy) is 1. The summed E-state index contributed by atoms with van der Waals surface area (Å²) in [6.07, 6.45) is 3.14. The molecule has 0 unspecified atom stereocenters. The van der Waals surface area contributed by atoms with Crippen LogP contribution in [0.4, 0.5) is 5.69 Å². The highest BCUT2D eigenvalue weighted by atomic mass is 16.5. The highest BCUT2D eigenvalue weighted by molar-refractivity contribution is 5.94. The standard InChI is InChI=1S/C24H25N3O3/c1-16-9-10-17(2)23(18(16)3)30-15-22(28)27-21-8-4-6-19(12-21)13-26-24(29)20-7-5-11-25-14-20/h4-12,14H,13,15H2,1-3H3,(H,26,29)(H,27,28). The van der Waals surface area contributed by atoms with Gasteiger partial charge in [0.15, 0.2) is 6.61 Å². The molecule has 154 valence electrons. The zero-order valence-corrected chi connectivity index (χ0v) is 17.4. The lowest BCUT2D eigenvalue weighted by molar-refractivity contribution is -0.118. The van der Waals surface area contributed by atoms with Gasteiger partial charge in [0.1, 0.15) is 5.75 Å². The van der Waals surface area contributed by atoms with Crippen LogP contribution in [-0.4, -0.2) is 23.4 Å². The molecule has 2 N–H and O–H groups in total. The minimum atomic E-state index is -0.244. The van der Waals surface area contributed by atoms with Crippen LogP contribution in [-0.2, 0) is 11.3 Å². The summed E-state index contributed by atoms with van der Waals surface area (Å²) in [6, 6.07) is 14.8. The SMILES string of the molecule is Cc1ccc(C)c(OCC(=O)Nc2cccc(CNC(=O)c3cccnc3)c2)c1C. The van der Waals surface area contributed by atoms with Crippen molar-refractivity contribution in [3.05, 3.63) is 88.7 Å². The number of hydrogen-bond donors (Lipinski definition) is 2. The van der Waals surface area contributed by atoms with Gasteiger partial charge in [0.2, 0.25) is 0 Å². The first kappa shape index (κ1) is 21.0. The number of nitrogens with zero attached hydrogens (tertiary/aromatic N) is 1. The van der Waals surface area contributed by atoms with Crippen LogP contribution < -0.4 is 15.4 Å². The zero-order valence-electron chi connectivity index (χ0n) is 17.4. The van der Waals surface area contributed by atoms with Crippen LogP contribution in [0, 0.1) is 20.8 Å². The van der Waals surface area contributed by atoms with Gasteiger partial charge >= 0.3 is 0 Å². The Morgan fingerprint density at radius 2 is 1.80 bits per heavy atom. The normalized spacial score (nSPS) is 10.4. The van der Waals surface area contributed by atoms with Gasteiger partial charge in [0, 0.05) is 24.6 Å². The number of aromatic nitrogens is 1. The van der Waals surface area contributed by atoms with E-state index in [1.807, 2.05) is 51.1 Å². The monoisotopic (exact) mass is 403 g/mol. The molecule has 3 aromatic rings. The van der Waals surface area contributed by atoms with Crippen molar-refractivity contribution < 1.29 is 14.3 Å². The molecule has 0 aliphatic carbocycles. The van der Waals surface area contributed by atoms with E-state index in [1.54, 1.807) is 24.4 Å². The van der Waals surface area contributed by atoms with Crippen molar-refractivity contribution in [2.75, 3.05) is 11.9 Å². The summed E-state index contributed by atoms with van der Waals surface area (Å²) in [5, 5.41) is 5.68. The fraction of sp³-hybridized carbons (Fsp3) is 0.208. The predicted octanol–water partition coefficient (Wildman–Crippen LogP) is 3.95. The van der Waals surface area contributed by atoms with Gasteiger partial charge in [-0.15, -0.1) is 0 Å². The Morgan fingerprint density at radius 1 is 1.00 bits per heavy atom. The Kier molecular flexibility index (Phi) is 6.80. The van der Waals surface area contributed by atoms with E-state index < -0.39 is 0 Å². The van der Waals surface area contributed by atoms with E-state index in [4.69, 9.17) is 4.74 Å². The quantitative estimate of drug-likeness (QED) is 0.626. The second kappa shape index (κ2) is 9.69. The summed E-state index contributed by atoms with van der Waals surface area (Å²) in [5.74, 6) is 0.304. The molecule has 0 atom stereocenters. The summed E-state index contributed by atoms with van der Waals surface area (Å²) in [7, 11) is 0. The molecule has 6 heteroatoms. The molecule has 0 radical (unpaired) electrons. The molecule has 6 nitrogen and oxygen atoms in total. The third kappa shape index (κ3) is 5.44. The molecule has 1 aromatic heterocycles. The average Bonchev–Trinajstić information content (AvgIpc) is 2.75. The van der Waals surface area contributed by atoms with E-state index >= 15 is 0 Å². The number of carbonyl (C=O) groups is 2. The molecular weight excluding hydrogens is 378 g/mol. The predicted molar refractivity (Wildman–Crippen MR) is 117 cm³/mol. The summed E-state index contributed by atoms with van der Waals surface area (Å²) < 4.78 is 5.77. The highest BCUT2D eigenvalue weighted by Crippen LogP contribution is 2.25. The lowest BCUT2D eigenvalue weighted by Gasteiger charge is -2.14. The molecule has 2 aromatic carbocycles. The Bertz CT molecular complexity index is 1050. The van der Waals surface area contributed by atoms with Gasteiger partial charge in [-0.1, -0.05) is 24.3 Å². The molecule has 30 heavy (non-hydrogen) atoms. The Labute approximate surface area is 176 Å². The number of aryl methyl sites for hydroxylation is 2. The molecule has 0 saturated heterocycles. The first-order chi connectivity index (χ1) is 14.4. The number of carbonyl (C=O) groups excluding carboxylic acids is 2. The minimum Gasteiger partial charge on any atom is -0.483 e. The molecule has 2 amide bonds. The summed E-state index contributed by atoms with van der Waals surface area (Å²) >= 11 is 0. The molecule has 0 bridgehead atoms. The van der Waals surface area contributed by atoms with Crippen LogP contribution in [0.1, 0.15) is 32.6 Å². The van der Waals surface area contributed by atoms with Gasteiger partial charge in [-0.3, -0.25) is 14.6 Å². The van der Waals surface area contributed by atoms with Gasteiger partial charge < -0.3 is 15.4 Å². The molecule has 0 spiro atoms. The number of amides is 2. The number of hydrogen-bond acceptors (Lipinski definition) is 4. The van der Waals surface area contributed by atoms with Crippen molar-refractivity contribution >= 4 is 17.5 Å². The van der Waals surface area contributed by atoms with Gasteiger partial charge in [-0.25, -0.2) is 0 Å². The third-order valence-electron chi connectivity index (χ3n) is 4.81. The zero-order chi connectivity index (χ0) is 21.5. The molecule has 0 aliphatic heterocycles. The highest BCUT2D eigenvalue weighted by Gasteiger charge is 2.10. The van der Waals surface area contributed by atoms with Crippen LogP contribution in [0.3, 0.4) is 0 Å². The molecule has 0 aliphatic rings. The molecule has 0 saturated carbocycles. The van der Waals surface area contributed by atoms with E-state index in [0.29, 0.717) is 17.8 Å². The van der Waals surface area contributed by atoms with Crippen molar-refractivity contribution in [3.63, 3.8) is 0 Å². The lowest BCUT2D eigenvalue weighted by atomic mass is 10.1. The van der Waals surface area contributed by atoms with Crippen molar-refractivity contribution in [1.29, 1.82) is 0 Å². The largest absolute Gasteiger partial charge is 0.483 e. The van der Waals surface area contributed by atoms with E-state index in [-0.39, 0.29) is 18.4 Å². The Morgan fingerprint density at radius 3 is 2.57 bits per heavy atom. The molecular formula is C24H25N3O3. The maximum absolute atomic E-state index is 12.3. The van der Waals surface area contributed by atoms with E-state index in [2.05, 4.69) is 15.6 Å². The van der Waals surface area contributed by atoms with E-state index in [9.17, 15) is 9.59 Å². The first-order valence-corrected chi connectivity index (χ1v) is 9.70. The first-order valence-electron chi connectivity index (χ1n) is 9.70. The second-order valence-corrected chi connectivity index (χ2v) is 7.12. The number of nitrogens with one attached hydrogen (secondary N) is 2. The van der Waals surface area contributed by atoms with Crippen LogP contribution in [0.2, 0.25) is 0 Å². The average molecular weight is 403 g/mol. The summed E-state index contributed by atoms with van der Waals surface area (Å²) in [4.78, 5) is 28.4. The fourth-order valence-corrected chi connectivity index (χ4v) is 3.02. The van der Waals surface area contributed by atoms with Gasteiger partial charge in [0.25, 0.3) is 11.8 Å². The molecule has 0 fully saturated rings. The van der Waals surface area contributed by atoms with Crippen LogP contribution in [0.25, 0.3) is 0 Å². The number of pyridine rings is 1.